The fourth-order valence-electron chi connectivity index (χ4n) is 5.83. The zero-order valence-electron chi connectivity index (χ0n) is 21.4. The molecule has 0 spiro atoms. The number of carbonyl (C=O) groups is 2. The van der Waals surface area contributed by atoms with Crippen LogP contribution in [-0.4, -0.2) is 31.2 Å². The number of hydrogen-bond donors (Lipinski definition) is 1. The van der Waals surface area contributed by atoms with Crippen LogP contribution in [0.15, 0.2) is 42.5 Å². The highest BCUT2D eigenvalue weighted by Crippen LogP contribution is 2.52. The first-order valence-electron chi connectivity index (χ1n) is 12.9. The molecule has 1 heterocycles. The molecule has 1 amide bonds. The molecule has 1 fully saturated rings. The molecular weight excluding hydrogens is 440 g/mol. The normalized spacial score (nSPS) is 21.9. The van der Waals surface area contributed by atoms with Gasteiger partial charge in [-0.2, -0.15) is 0 Å². The summed E-state index contributed by atoms with van der Waals surface area (Å²) in [6, 6.07) is 14.4. The smallest absolute Gasteiger partial charge is 0.308 e. The number of esters is 1. The highest BCUT2D eigenvalue weighted by molar-refractivity contribution is 5.76. The maximum Gasteiger partial charge on any atom is 0.308 e. The molecule has 1 aliphatic heterocycles. The molecule has 6 heteroatoms. The summed E-state index contributed by atoms with van der Waals surface area (Å²) in [6.07, 6.45) is 7.23. The number of amides is 1. The van der Waals surface area contributed by atoms with E-state index in [2.05, 4.69) is 47.5 Å². The van der Waals surface area contributed by atoms with Gasteiger partial charge in [0.05, 0.1) is 6.10 Å². The van der Waals surface area contributed by atoms with Gasteiger partial charge in [0.25, 0.3) is 0 Å². The number of benzene rings is 2. The summed E-state index contributed by atoms with van der Waals surface area (Å²) in [4.78, 5) is 26.2. The van der Waals surface area contributed by atoms with Crippen LogP contribution in [-0.2, 0) is 16.0 Å². The van der Waals surface area contributed by atoms with Crippen LogP contribution in [0.3, 0.4) is 0 Å². The first-order valence-corrected chi connectivity index (χ1v) is 12.9. The van der Waals surface area contributed by atoms with Gasteiger partial charge in [-0.25, -0.2) is 0 Å². The summed E-state index contributed by atoms with van der Waals surface area (Å²) in [6.45, 7) is 5.09. The number of nitrogens with one attached hydrogen (secondary N) is 1. The lowest BCUT2D eigenvalue weighted by Crippen LogP contribution is -2.55. The molecule has 2 aliphatic rings. The van der Waals surface area contributed by atoms with E-state index in [1.54, 1.807) is 6.92 Å². The van der Waals surface area contributed by atoms with Crippen molar-refractivity contribution in [1.82, 2.24) is 5.32 Å². The number of aryl methyl sites for hydroxylation is 1. The van der Waals surface area contributed by atoms with Crippen molar-refractivity contribution in [2.45, 2.75) is 83.9 Å². The molecule has 0 saturated heterocycles. The van der Waals surface area contributed by atoms with Crippen LogP contribution in [0.4, 0.5) is 5.69 Å². The second-order valence-electron chi connectivity index (χ2n) is 10.1. The number of rotatable bonds is 8. The summed E-state index contributed by atoms with van der Waals surface area (Å²) in [5, 5.41) is 3.17. The van der Waals surface area contributed by atoms with Crippen LogP contribution in [0.2, 0.25) is 0 Å². The zero-order chi connectivity index (χ0) is 24.9. The highest BCUT2D eigenvalue weighted by atomic mass is 16.5. The van der Waals surface area contributed by atoms with Crippen molar-refractivity contribution in [3.63, 3.8) is 0 Å². The van der Waals surface area contributed by atoms with Gasteiger partial charge in [0.2, 0.25) is 5.91 Å². The SMILES string of the molecule is CC(=O)N[C@H]1[C@@H]2CCCCC2c2c(OC(C)=O)cc(OC(C)CCCc3ccccc3)cc2N1C. The van der Waals surface area contributed by atoms with Gasteiger partial charge in [0.15, 0.2) is 0 Å². The molecule has 2 aromatic rings. The number of nitrogens with zero attached hydrogens (tertiary/aromatic N) is 1. The van der Waals surface area contributed by atoms with Crippen LogP contribution >= 0.6 is 0 Å². The summed E-state index contributed by atoms with van der Waals surface area (Å²) in [5.41, 5.74) is 3.37. The minimum absolute atomic E-state index is 0.0180. The second kappa shape index (κ2) is 11.1. The van der Waals surface area contributed by atoms with Gasteiger partial charge in [0, 0.05) is 50.2 Å². The van der Waals surface area contributed by atoms with Crippen molar-refractivity contribution in [3.8, 4) is 11.5 Å². The fraction of sp³-hybridized carbons (Fsp3) is 0.517. The zero-order valence-corrected chi connectivity index (χ0v) is 21.4. The van der Waals surface area contributed by atoms with Gasteiger partial charge in [-0.3, -0.25) is 9.59 Å². The Morgan fingerprint density at radius 2 is 1.86 bits per heavy atom. The van der Waals surface area contributed by atoms with E-state index in [1.165, 1.54) is 12.5 Å². The highest BCUT2D eigenvalue weighted by Gasteiger charge is 2.43. The second-order valence-corrected chi connectivity index (χ2v) is 10.1. The van der Waals surface area contributed by atoms with Crippen LogP contribution in [0.25, 0.3) is 0 Å². The quantitative estimate of drug-likeness (QED) is 0.396. The molecule has 0 radical (unpaired) electrons. The van der Waals surface area contributed by atoms with E-state index in [0.717, 1.165) is 56.2 Å². The largest absolute Gasteiger partial charge is 0.491 e. The molecule has 35 heavy (non-hydrogen) atoms. The number of fused-ring (bicyclic) bond motifs is 3. The van der Waals surface area contributed by atoms with Crippen LogP contribution < -0.4 is 19.7 Å². The third-order valence-corrected chi connectivity index (χ3v) is 7.35. The predicted molar refractivity (Wildman–Crippen MR) is 138 cm³/mol. The third kappa shape index (κ3) is 5.98. The average Bonchev–Trinajstić information content (AvgIpc) is 2.81. The lowest BCUT2D eigenvalue weighted by atomic mass is 9.70. The molecule has 188 valence electrons. The summed E-state index contributed by atoms with van der Waals surface area (Å²) >= 11 is 0. The molecule has 4 rings (SSSR count). The Balaban J connectivity index is 1.58. The number of anilines is 1. The lowest BCUT2D eigenvalue weighted by molar-refractivity contribution is -0.132. The Morgan fingerprint density at radius 3 is 2.57 bits per heavy atom. The summed E-state index contributed by atoms with van der Waals surface area (Å²) in [7, 11) is 2.01. The molecule has 0 aromatic heterocycles. The Labute approximate surface area is 209 Å². The molecule has 0 bridgehead atoms. The number of ether oxygens (including phenoxy) is 2. The van der Waals surface area contributed by atoms with E-state index in [-0.39, 0.29) is 36.0 Å². The Kier molecular flexibility index (Phi) is 7.99. The minimum atomic E-state index is -0.334. The van der Waals surface area contributed by atoms with Gasteiger partial charge in [-0.1, -0.05) is 43.2 Å². The maximum absolute atomic E-state index is 12.0. The molecular formula is C29H38N2O4. The topological polar surface area (TPSA) is 67.9 Å². The Hall–Kier alpha value is -3.02. The van der Waals surface area contributed by atoms with Crippen molar-refractivity contribution in [2.75, 3.05) is 11.9 Å². The predicted octanol–water partition coefficient (Wildman–Crippen LogP) is 5.59. The molecule has 1 saturated carbocycles. The van der Waals surface area contributed by atoms with Crippen molar-refractivity contribution in [1.29, 1.82) is 0 Å². The lowest BCUT2D eigenvalue weighted by Gasteiger charge is -2.48. The molecule has 1 aliphatic carbocycles. The number of hydrogen-bond acceptors (Lipinski definition) is 5. The van der Waals surface area contributed by atoms with Gasteiger partial charge in [-0.15, -0.1) is 0 Å². The van der Waals surface area contributed by atoms with Crippen LogP contribution in [0.1, 0.15) is 76.3 Å². The average molecular weight is 479 g/mol. The molecule has 4 atom stereocenters. The molecule has 1 N–H and O–H groups in total. The van der Waals surface area contributed by atoms with Crippen LogP contribution in [0.5, 0.6) is 11.5 Å². The number of carbonyl (C=O) groups excluding carboxylic acids is 2. The summed E-state index contributed by atoms with van der Waals surface area (Å²) < 4.78 is 12.1. The molecule has 2 unspecified atom stereocenters. The standard InChI is InChI=1S/C29H38N2O4/c1-19(11-10-14-22-12-6-5-7-13-22)34-23-17-26-28(27(18-23)35-21(3)33)24-15-8-9-16-25(24)29(31(26)4)30-20(2)32/h5-7,12-13,17-19,24-25,29H,8-11,14-16H2,1-4H3,(H,30,32)/t19?,24?,25-,29-/m1/s1. The van der Waals surface area contributed by atoms with E-state index < -0.39 is 0 Å². The van der Waals surface area contributed by atoms with E-state index >= 15 is 0 Å². The summed E-state index contributed by atoms with van der Waals surface area (Å²) in [5.74, 6) is 1.43. The van der Waals surface area contributed by atoms with E-state index in [4.69, 9.17) is 9.47 Å². The van der Waals surface area contributed by atoms with Gasteiger partial charge >= 0.3 is 5.97 Å². The first kappa shape index (κ1) is 25.1. The Morgan fingerprint density at radius 1 is 1.11 bits per heavy atom. The molecule has 2 aromatic carbocycles. The van der Waals surface area contributed by atoms with Gasteiger partial charge in [-0.05, 0) is 50.5 Å². The van der Waals surface area contributed by atoms with Crippen LogP contribution in [0, 0.1) is 5.92 Å². The fourth-order valence-corrected chi connectivity index (χ4v) is 5.83. The van der Waals surface area contributed by atoms with Crippen molar-refractivity contribution in [2.24, 2.45) is 5.92 Å². The van der Waals surface area contributed by atoms with Crippen molar-refractivity contribution < 1.29 is 19.1 Å². The van der Waals surface area contributed by atoms with Crippen molar-refractivity contribution >= 4 is 17.6 Å². The van der Waals surface area contributed by atoms with Gasteiger partial charge < -0.3 is 19.7 Å². The minimum Gasteiger partial charge on any atom is -0.491 e. The van der Waals surface area contributed by atoms with Gasteiger partial charge in [0.1, 0.15) is 17.7 Å². The van der Waals surface area contributed by atoms with Crippen molar-refractivity contribution in [3.05, 3.63) is 53.6 Å². The first-order chi connectivity index (χ1) is 16.8. The third-order valence-electron chi connectivity index (χ3n) is 7.35. The van der Waals surface area contributed by atoms with E-state index in [9.17, 15) is 9.59 Å². The van der Waals surface area contributed by atoms with E-state index in [0.29, 0.717) is 11.5 Å². The Bertz CT molecular complexity index is 1040. The van der Waals surface area contributed by atoms with E-state index in [1.807, 2.05) is 19.2 Å². The monoisotopic (exact) mass is 478 g/mol. The maximum atomic E-state index is 12.0. The molecule has 6 nitrogen and oxygen atoms in total.